The standard InChI is InChI=1S/C17H21N3O4S/c1-2-24-15(21)9-11-3-5-12(6-4-11)19-16-14(20(22)23)10-18-13-7-8-25-17(13)16/h7-8,10-12H,2-6,9H2,1H3,(H,18,19)/t11-,12-. The Morgan fingerprint density at radius 3 is 2.88 bits per heavy atom. The molecule has 25 heavy (non-hydrogen) atoms. The minimum Gasteiger partial charge on any atom is -0.466 e. The summed E-state index contributed by atoms with van der Waals surface area (Å²) in [5.74, 6) is 0.204. The van der Waals surface area contributed by atoms with Crippen LogP contribution in [0.5, 0.6) is 0 Å². The third-order valence-electron chi connectivity index (χ3n) is 4.61. The SMILES string of the molecule is CCOC(=O)C[C@H]1CC[C@H](Nc2c([N+](=O)[O-])cnc3ccsc23)CC1. The lowest BCUT2D eigenvalue weighted by Crippen LogP contribution is -2.27. The van der Waals surface area contributed by atoms with Gasteiger partial charge in [-0.2, -0.15) is 0 Å². The average molecular weight is 363 g/mol. The first-order chi connectivity index (χ1) is 12.1. The number of pyridine rings is 1. The van der Waals surface area contributed by atoms with Crippen molar-refractivity contribution >= 4 is 38.9 Å². The highest BCUT2D eigenvalue weighted by atomic mass is 32.1. The van der Waals surface area contributed by atoms with Crippen LogP contribution in [-0.4, -0.2) is 28.5 Å². The summed E-state index contributed by atoms with van der Waals surface area (Å²) in [7, 11) is 0. The van der Waals surface area contributed by atoms with Crippen molar-refractivity contribution in [2.24, 2.45) is 5.92 Å². The smallest absolute Gasteiger partial charge is 0.311 e. The Bertz CT molecular complexity index is 768. The molecule has 0 atom stereocenters. The van der Waals surface area contributed by atoms with E-state index in [0.717, 1.165) is 35.9 Å². The van der Waals surface area contributed by atoms with Gasteiger partial charge in [-0.3, -0.25) is 14.9 Å². The van der Waals surface area contributed by atoms with E-state index in [0.29, 0.717) is 24.6 Å². The number of nitrogens with zero attached hydrogens (tertiary/aromatic N) is 2. The Morgan fingerprint density at radius 2 is 2.20 bits per heavy atom. The highest BCUT2D eigenvalue weighted by molar-refractivity contribution is 7.17. The van der Waals surface area contributed by atoms with Gasteiger partial charge in [0.05, 0.1) is 21.7 Å². The van der Waals surface area contributed by atoms with Crippen LogP contribution >= 0.6 is 11.3 Å². The second-order valence-electron chi connectivity index (χ2n) is 6.28. The van der Waals surface area contributed by atoms with Crippen LogP contribution in [0.15, 0.2) is 17.6 Å². The lowest BCUT2D eigenvalue weighted by atomic mass is 9.84. The van der Waals surface area contributed by atoms with Crippen LogP contribution in [0.25, 0.3) is 10.2 Å². The first-order valence-electron chi connectivity index (χ1n) is 8.51. The van der Waals surface area contributed by atoms with Crippen molar-refractivity contribution in [2.45, 2.75) is 45.1 Å². The monoisotopic (exact) mass is 363 g/mol. The summed E-state index contributed by atoms with van der Waals surface area (Å²) in [4.78, 5) is 26.7. The molecule has 1 saturated carbocycles. The molecule has 0 bridgehead atoms. The molecule has 0 aromatic carbocycles. The van der Waals surface area contributed by atoms with Crippen LogP contribution in [0.2, 0.25) is 0 Å². The van der Waals surface area contributed by atoms with Gasteiger partial charge in [-0.1, -0.05) is 0 Å². The van der Waals surface area contributed by atoms with E-state index in [1.54, 1.807) is 0 Å². The minimum atomic E-state index is -0.388. The number of carbonyl (C=O) groups is 1. The molecular formula is C17H21N3O4S. The number of fused-ring (bicyclic) bond motifs is 1. The Labute approximate surface area is 149 Å². The van der Waals surface area contributed by atoms with Crippen molar-refractivity contribution in [2.75, 3.05) is 11.9 Å². The Morgan fingerprint density at radius 1 is 1.44 bits per heavy atom. The lowest BCUT2D eigenvalue weighted by molar-refractivity contribution is -0.384. The third-order valence-corrected chi connectivity index (χ3v) is 5.53. The summed E-state index contributed by atoms with van der Waals surface area (Å²) in [5.41, 5.74) is 1.36. The van der Waals surface area contributed by atoms with Crippen molar-refractivity contribution in [3.05, 3.63) is 27.8 Å². The number of aromatic nitrogens is 1. The van der Waals surface area contributed by atoms with Gasteiger partial charge < -0.3 is 10.1 Å². The minimum absolute atomic E-state index is 0.0172. The van der Waals surface area contributed by atoms with Crippen LogP contribution in [0.4, 0.5) is 11.4 Å². The molecule has 0 unspecified atom stereocenters. The summed E-state index contributed by atoms with van der Waals surface area (Å²) in [6.07, 6.45) is 5.40. The summed E-state index contributed by atoms with van der Waals surface area (Å²) < 4.78 is 5.84. The fraction of sp³-hybridized carbons (Fsp3) is 0.529. The van der Waals surface area contributed by atoms with Crippen LogP contribution in [0.3, 0.4) is 0 Å². The predicted octanol–water partition coefficient (Wildman–Crippen LogP) is 4.13. The van der Waals surface area contributed by atoms with Gasteiger partial charge in [0, 0.05) is 12.5 Å². The largest absolute Gasteiger partial charge is 0.466 e. The first-order valence-corrected chi connectivity index (χ1v) is 9.39. The highest BCUT2D eigenvalue weighted by Crippen LogP contribution is 2.37. The molecule has 2 aromatic rings. The molecule has 1 fully saturated rings. The number of nitrogens with one attached hydrogen (secondary N) is 1. The maximum absolute atomic E-state index is 11.6. The Balaban J connectivity index is 1.67. The average Bonchev–Trinajstić information content (AvgIpc) is 3.06. The van der Waals surface area contributed by atoms with Crippen LogP contribution < -0.4 is 5.32 Å². The number of hydrogen-bond acceptors (Lipinski definition) is 7. The fourth-order valence-electron chi connectivity index (χ4n) is 3.35. The van der Waals surface area contributed by atoms with E-state index < -0.39 is 0 Å². The van der Waals surface area contributed by atoms with Crippen LogP contribution in [0.1, 0.15) is 39.0 Å². The van der Waals surface area contributed by atoms with E-state index in [-0.39, 0.29) is 22.6 Å². The molecule has 0 spiro atoms. The molecular weight excluding hydrogens is 342 g/mol. The summed E-state index contributed by atoms with van der Waals surface area (Å²) in [6, 6.07) is 2.04. The van der Waals surface area contributed by atoms with E-state index in [2.05, 4.69) is 10.3 Å². The number of esters is 1. The zero-order valence-corrected chi connectivity index (χ0v) is 14.9. The number of carbonyl (C=O) groups excluding carboxylic acids is 1. The molecule has 1 aliphatic rings. The predicted molar refractivity (Wildman–Crippen MR) is 96.9 cm³/mol. The lowest BCUT2D eigenvalue weighted by Gasteiger charge is -2.29. The molecule has 134 valence electrons. The number of hydrogen-bond donors (Lipinski definition) is 1. The molecule has 0 saturated heterocycles. The quantitative estimate of drug-likeness (QED) is 0.471. The van der Waals surface area contributed by atoms with Gasteiger partial charge in [-0.25, -0.2) is 4.98 Å². The molecule has 1 aliphatic carbocycles. The maximum atomic E-state index is 11.6. The molecule has 3 rings (SSSR count). The van der Waals surface area contributed by atoms with Crippen molar-refractivity contribution in [3.8, 4) is 0 Å². The topological polar surface area (TPSA) is 94.4 Å². The number of anilines is 1. The van der Waals surface area contributed by atoms with Gasteiger partial charge in [-0.15, -0.1) is 11.3 Å². The molecule has 0 radical (unpaired) electrons. The van der Waals surface area contributed by atoms with Gasteiger partial charge in [0.1, 0.15) is 11.9 Å². The van der Waals surface area contributed by atoms with Gasteiger partial charge in [0.15, 0.2) is 0 Å². The van der Waals surface area contributed by atoms with Crippen molar-refractivity contribution < 1.29 is 14.5 Å². The zero-order chi connectivity index (χ0) is 17.8. The molecule has 0 amide bonds. The summed E-state index contributed by atoms with van der Waals surface area (Å²) >= 11 is 1.46. The Kier molecular flexibility index (Phi) is 5.47. The molecule has 7 nitrogen and oxygen atoms in total. The van der Waals surface area contributed by atoms with E-state index in [9.17, 15) is 14.9 Å². The van der Waals surface area contributed by atoms with E-state index >= 15 is 0 Å². The number of rotatable bonds is 6. The molecule has 1 N–H and O–H groups in total. The van der Waals surface area contributed by atoms with Crippen molar-refractivity contribution in [3.63, 3.8) is 0 Å². The van der Waals surface area contributed by atoms with E-state index in [1.807, 2.05) is 18.4 Å². The molecule has 0 aliphatic heterocycles. The highest BCUT2D eigenvalue weighted by Gasteiger charge is 2.27. The first kappa shape index (κ1) is 17.6. The second kappa shape index (κ2) is 7.77. The number of ether oxygens (including phenoxy) is 1. The van der Waals surface area contributed by atoms with Gasteiger partial charge >= 0.3 is 11.7 Å². The molecule has 8 heteroatoms. The van der Waals surface area contributed by atoms with E-state index in [1.165, 1.54) is 17.5 Å². The van der Waals surface area contributed by atoms with Crippen molar-refractivity contribution in [1.82, 2.24) is 4.98 Å². The number of nitro groups is 1. The molecule has 2 heterocycles. The van der Waals surface area contributed by atoms with Crippen LogP contribution in [-0.2, 0) is 9.53 Å². The third kappa shape index (κ3) is 4.07. The van der Waals surface area contributed by atoms with Gasteiger partial charge in [0.2, 0.25) is 0 Å². The number of thiophene rings is 1. The fourth-order valence-corrected chi connectivity index (χ4v) is 4.21. The zero-order valence-electron chi connectivity index (χ0n) is 14.1. The van der Waals surface area contributed by atoms with Crippen molar-refractivity contribution in [1.29, 1.82) is 0 Å². The molecule has 2 aromatic heterocycles. The second-order valence-corrected chi connectivity index (χ2v) is 7.20. The normalized spacial score (nSPS) is 20.4. The van der Waals surface area contributed by atoms with Gasteiger partial charge in [-0.05, 0) is 50.0 Å². The van der Waals surface area contributed by atoms with Gasteiger partial charge in [0.25, 0.3) is 0 Å². The van der Waals surface area contributed by atoms with E-state index in [4.69, 9.17) is 4.74 Å². The maximum Gasteiger partial charge on any atom is 0.311 e. The summed E-state index contributed by atoms with van der Waals surface area (Å²) in [6.45, 7) is 2.23. The summed E-state index contributed by atoms with van der Waals surface area (Å²) in [5, 5.41) is 16.6. The Hall–Kier alpha value is -2.22. The van der Waals surface area contributed by atoms with Crippen LogP contribution in [0, 0.1) is 16.0 Å².